The highest BCUT2D eigenvalue weighted by molar-refractivity contribution is 7.12. The van der Waals surface area contributed by atoms with Gasteiger partial charge in [-0.3, -0.25) is 9.48 Å². The number of nitrogens with zero attached hydrogens (tertiary/aromatic N) is 3. The second-order valence-corrected chi connectivity index (χ2v) is 7.85. The van der Waals surface area contributed by atoms with E-state index in [0.29, 0.717) is 22.5 Å². The van der Waals surface area contributed by atoms with Crippen molar-refractivity contribution in [2.75, 3.05) is 0 Å². The lowest BCUT2D eigenvalue weighted by atomic mass is 10.0. The minimum atomic E-state index is -0.649. The standard InChI is InChI=1S/C21H15F2N3OS/c1-25-9-15-6-12(2-3-19(15)24-25)14-7-17(22)16(18(23)8-14)11-26-10-13-4-5-28-20(13)21(26)27/h2-9H,10-11H2,1H3. The van der Waals surface area contributed by atoms with Gasteiger partial charge in [0.15, 0.2) is 0 Å². The maximum atomic E-state index is 14.8. The Morgan fingerprint density at radius 1 is 1.11 bits per heavy atom. The van der Waals surface area contributed by atoms with Gasteiger partial charge in [0.25, 0.3) is 5.91 Å². The molecule has 1 aliphatic heterocycles. The van der Waals surface area contributed by atoms with Gasteiger partial charge in [-0.05, 0) is 52.4 Å². The summed E-state index contributed by atoms with van der Waals surface area (Å²) in [6.07, 6.45) is 1.86. The summed E-state index contributed by atoms with van der Waals surface area (Å²) in [6, 6.07) is 10.0. The molecule has 0 saturated heterocycles. The zero-order chi connectivity index (χ0) is 19.4. The Labute approximate surface area is 163 Å². The normalized spacial score (nSPS) is 13.5. The van der Waals surface area contributed by atoms with Crippen molar-refractivity contribution in [3.63, 3.8) is 0 Å². The van der Waals surface area contributed by atoms with Gasteiger partial charge in [-0.2, -0.15) is 5.10 Å². The van der Waals surface area contributed by atoms with Crippen LogP contribution in [0.5, 0.6) is 0 Å². The average Bonchev–Trinajstić information content (AvgIpc) is 3.33. The van der Waals surface area contributed by atoms with E-state index in [9.17, 15) is 13.6 Å². The number of aromatic nitrogens is 2. The molecule has 0 spiro atoms. The zero-order valence-electron chi connectivity index (χ0n) is 14.9. The summed E-state index contributed by atoms with van der Waals surface area (Å²) in [7, 11) is 1.83. The molecule has 140 valence electrons. The number of hydrogen-bond acceptors (Lipinski definition) is 3. The third-order valence-electron chi connectivity index (χ3n) is 5.03. The molecule has 7 heteroatoms. The second kappa shape index (κ2) is 6.24. The molecule has 0 N–H and O–H groups in total. The molecule has 0 unspecified atom stereocenters. The summed E-state index contributed by atoms with van der Waals surface area (Å²) < 4.78 is 31.2. The molecule has 2 aromatic heterocycles. The highest BCUT2D eigenvalue weighted by atomic mass is 32.1. The molecule has 0 fully saturated rings. The lowest BCUT2D eigenvalue weighted by molar-refractivity contribution is 0.0767. The number of halogens is 2. The van der Waals surface area contributed by atoms with Crippen molar-refractivity contribution < 1.29 is 13.6 Å². The Balaban J connectivity index is 1.46. The lowest BCUT2D eigenvalue weighted by Gasteiger charge is -2.17. The number of benzene rings is 2. The predicted octanol–water partition coefficient (Wildman–Crippen LogP) is 4.74. The van der Waals surface area contributed by atoms with Crippen molar-refractivity contribution in [1.29, 1.82) is 0 Å². The molecular weight excluding hydrogens is 380 g/mol. The number of amides is 1. The molecule has 3 heterocycles. The minimum Gasteiger partial charge on any atom is -0.329 e. The molecule has 0 aliphatic carbocycles. The van der Waals surface area contributed by atoms with Crippen LogP contribution in [0.1, 0.15) is 20.8 Å². The summed E-state index contributed by atoms with van der Waals surface area (Å²) >= 11 is 1.36. The van der Waals surface area contributed by atoms with Gasteiger partial charge in [0.2, 0.25) is 0 Å². The van der Waals surface area contributed by atoms with Gasteiger partial charge in [0.1, 0.15) is 11.6 Å². The zero-order valence-corrected chi connectivity index (χ0v) is 15.8. The van der Waals surface area contributed by atoms with Crippen LogP contribution in [0.15, 0.2) is 48.0 Å². The molecule has 1 aliphatic rings. The number of rotatable bonds is 3. The number of carbonyl (C=O) groups excluding carboxylic acids is 1. The van der Waals surface area contributed by atoms with Crippen LogP contribution in [0.2, 0.25) is 0 Å². The number of hydrogen-bond donors (Lipinski definition) is 0. The number of aryl methyl sites for hydroxylation is 1. The summed E-state index contributed by atoms with van der Waals surface area (Å²) in [5.41, 5.74) is 2.82. The van der Waals surface area contributed by atoms with E-state index in [4.69, 9.17) is 0 Å². The van der Waals surface area contributed by atoms with Gasteiger partial charge in [0.05, 0.1) is 16.9 Å². The van der Waals surface area contributed by atoms with E-state index in [1.807, 2.05) is 36.8 Å². The van der Waals surface area contributed by atoms with Crippen molar-refractivity contribution in [3.05, 3.63) is 75.6 Å². The van der Waals surface area contributed by atoms with Crippen molar-refractivity contribution >= 4 is 28.1 Å². The first-order chi connectivity index (χ1) is 13.5. The topological polar surface area (TPSA) is 38.1 Å². The van der Waals surface area contributed by atoms with Crippen LogP contribution in [-0.4, -0.2) is 20.6 Å². The number of carbonyl (C=O) groups is 1. The second-order valence-electron chi connectivity index (χ2n) is 6.93. The molecule has 0 bridgehead atoms. The van der Waals surface area contributed by atoms with Gasteiger partial charge in [-0.15, -0.1) is 11.3 Å². The van der Waals surface area contributed by atoms with Crippen LogP contribution in [0.4, 0.5) is 8.78 Å². The molecule has 0 saturated carbocycles. The van der Waals surface area contributed by atoms with Gasteiger partial charge >= 0.3 is 0 Å². The van der Waals surface area contributed by atoms with Crippen LogP contribution >= 0.6 is 11.3 Å². The monoisotopic (exact) mass is 395 g/mol. The van der Waals surface area contributed by atoms with E-state index >= 15 is 0 Å². The SMILES string of the molecule is Cn1cc2cc(-c3cc(F)c(CN4Cc5ccsc5C4=O)c(F)c3)ccc2n1. The van der Waals surface area contributed by atoms with Crippen molar-refractivity contribution in [3.8, 4) is 11.1 Å². The van der Waals surface area contributed by atoms with Crippen molar-refractivity contribution in [2.45, 2.75) is 13.1 Å². The predicted molar refractivity (Wildman–Crippen MR) is 104 cm³/mol. The Morgan fingerprint density at radius 2 is 1.89 bits per heavy atom. The third-order valence-corrected chi connectivity index (χ3v) is 5.98. The maximum Gasteiger partial charge on any atom is 0.264 e. The van der Waals surface area contributed by atoms with Gasteiger partial charge in [-0.1, -0.05) is 6.07 Å². The largest absolute Gasteiger partial charge is 0.329 e. The summed E-state index contributed by atoms with van der Waals surface area (Å²) in [5.74, 6) is -1.47. The Morgan fingerprint density at radius 3 is 2.64 bits per heavy atom. The summed E-state index contributed by atoms with van der Waals surface area (Å²) in [5, 5.41) is 7.06. The molecular formula is C21H15F2N3OS. The first-order valence-corrected chi connectivity index (χ1v) is 9.65. The van der Waals surface area contributed by atoms with Crippen LogP contribution in [-0.2, 0) is 20.1 Å². The smallest absolute Gasteiger partial charge is 0.264 e. The number of fused-ring (bicyclic) bond motifs is 2. The van der Waals surface area contributed by atoms with E-state index in [-0.39, 0.29) is 18.0 Å². The van der Waals surface area contributed by atoms with Gasteiger partial charge in [-0.25, -0.2) is 8.78 Å². The van der Waals surface area contributed by atoms with E-state index in [1.165, 1.54) is 28.4 Å². The molecule has 5 rings (SSSR count). The number of thiophene rings is 1. The van der Waals surface area contributed by atoms with Gasteiger partial charge in [0, 0.05) is 30.7 Å². The first kappa shape index (κ1) is 17.1. The van der Waals surface area contributed by atoms with E-state index in [2.05, 4.69) is 5.10 Å². The van der Waals surface area contributed by atoms with Crippen LogP contribution in [0, 0.1) is 11.6 Å². The fourth-order valence-corrected chi connectivity index (χ4v) is 4.52. The fourth-order valence-electron chi connectivity index (χ4n) is 3.64. The summed E-state index contributed by atoms with van der Waals surface area (Å²) in [6.45, 7) is 0.301. The van der Waals surface area contributed by atoms with E-state index < -0.39 is 11.6 Å². The third kappa shape index (κ3) is 2.70. The quantitative estimate of drug-likeness (QED) is 0.503. The highest BCUT2D eigenvalue weighted by Crippen LogP contribution is 2.31. The van der Waals surface area contributed by atoms with Crippen LogP contribution in [0.25, 0.3) is 22.0 Å². The molecule has 4 aromatic rings. The average molecular weight is 395 g/mol. The van der Waals surface area contributed by atoms with E-state index in [0.717, 1.165) is 16.5 Å². The molecule has 28 heavy (non-hydrogen) atoms. The van der Waals surface area contributed by atoms with Crippen LogP contribution in [0.3, 0.4) is 0 Å². The summed E-state index contributed by atoms with van der Waals surface area (Å²) in [4.78, 5) is 14.5. The minimum absolute atomic E-state index is 0.0835. The van der Waals surface area contributed by atoms with Crippen molar-refractivity contribution in [2.24, 2.45) is 7.05 Å². The molecule has 1 amide bonds. The highest BCUT2D eigenvalue weighted by Gasteiger charge is 2.30. The van der Waals surface area contributed by atoms with E-state index in [1.54, 1.807) is 10.7 Å². The molecule has 0 radical (unpaired) electrons. The van der Waals surface area contributed by atoms with Crippen molar-refractivity contribution in [1.82, 2.24) is 14.7 Å². The Hall–Kier alpha value is -3.06. The first-order valence-electron chi connectivity index (χ1n) is 8.77. The van der Waals surface area contributed by atoms with Gasteiger partial charge < -0.3 is 4.90 Å². The molecule has 0 atom stereocenters. The Kier molecular flexibility index (Phi) is 3.80. The lowest BCUT2D eigenvalue weighted by Crippen LogP contribution is -2.24. The Bertz CT molecular complexity index is 1220. The van der Waals surface area contributed by atoms with Crippen LogP contribution < -0.4 is 0 Å². The fraction of sp³-hybridized carbons (Fsp3) is 0.143. The molecule has 4 nitrogen and oxygen atoms in total. The maximum absolute atomic E-state index is 14.8. The molecule has 2 aromatic carbocycles.